The SMILES string of the molecule is O=C(O)c1cccc(Cc2ccc3ncccc3c2)c1. The molecule has 0 radical (unpaired) electrons. The summed E-state index contributed by atoms with van der Waals surface area (Å²) in [5.74, 6) is -0.894. The maximum Gasteiger partial charge on any atom is 0.335 e. The lowest BCUT2D eigenvalue weighted by Crippen LogP contribution is -1.97. The summed E-state index contributed by atoms with van der Waals surface area (Å²) in [4.78, 5) is 15.3. The number of hydrogen-bond acceptors (Lipinski definition) is 2. The Morgan fingerprint density at radius 1 is 1.00 bits per heavy atom. The topological polar surface area (TPSA) is 50.2 Å². The lowest BCUT2D eigenvalue weighted by molar-refractivity contribution is 0.0697. The van der Waals surface area contributed by atoms with Crippen LogP contribution in [0.25, 0.3) is 10.9 Å². The summed E-state index contributed by atoms with van der Waals surface area (Å²) in [6.07, 6.45) is 2.49. The monoisotopic (exact) mass is 263 g/mol. The molecule has 1 N–H and O–H groups in total. The predicted octanol–water partition coefficient (Wildman–Crippen LogP) is 3.52. The summed E-state index contributed by atoms with van der Waals surface area (Å²) in [7, 11) is 0. The Labute approximate surface area is 116 Å². The number of aromatic carboxylic acids is 1. The Hall–Kier alpha value is -2.68. The van der Waals surface area contributed by atoms with Crippen LogP contribution in [0.2, 0.25) is 0 Å². The number of rotatable bonds is 3. The molecular weight excluding hydrogens is 250 g/mol. The van der Waals surface area contributed by atoms with Crippen LogP contribution < -0.4 is 0 Å². The van der Waals surface area contributed by atoms with Crippen LogP contribution in [-0.4, -0.2) is 16.1 Å². The Kier molecular flexibility index (Phi) is 3.17. The van der Waals surface area contributed by atoms with Gasteiger partial charge in [-0.25, -0.2) is 4.79 Å². The zero-order valence-corrected chi connectivity index (χ0v) is 10.8. The van der Waals surface area contributed by atoms with E-state index >= 15 is 0 Å². The van der Waals surface area contributed by atoms with Crippen molar-refractivity contribution in [3.05, 3.63) is 77.5 Å². The van der Waals surface area contributed by atoms with Crippen LogP contribution in [0.1, 0.15) is 21.5 Å². The highest BCUT2D eigenvalue weighted by Crippen LogP contribution is 2.17. The molecule has 3 nitrogen and oxygen atoms in total. The Bertz CT molecular complexity index is 781. The third-order valence-electron chi connectivity index (χ3n) is 3.25. The van der Waals surface area contributed by atoms with Gasteiger partial charge in [-0.3, -0.25) is 4.98 Å². The van der Waals surface area contributed by atoms with Crippen LogP contribution in [0, 0.1) is 0 Å². The first-order valence-electron chi connectivity index (χ1n) is 6.38. The van der Waals surface area contributed by atoms with Crippen LogP contribution in [0.3, 0.4) is 0 Å². The van der Waals surface area contributed by atoms with E-state index in [2.05, 4.69) is 11.1 Å². The van der Waals surface area contributed by atoms with Gasteiger partial charge >= 0.3 is 5.97 Å². The fourth-order valence-corrected chi connectivity index (χ4v) is 2.29. The highest BCUT2D eigenvalue weighted by atomic mass is 16.4. The molecule has 0 aliphatic heterocycles. The quantitative estimate of drug-likeness (QED) is 0.786. The molecule has 1 heterocycles. The fraction of sp³-hybridized carbons (Fsp3) is 0.0588. The fourth-order valence-electron chi connectivity index (χ4n) is 2.29. The van der Waals surface area contributed by atoms with Gasteiger partial charge in [0.05, 0.1) is 11.1 Å². The van der Waals surface area contributed by atoms with E-state index < -0.39 is 5.97 Å². The van der Waals surface area contributed by atoms with Gasteiger partial charge in [0, 0.05) is 11.6 Å². The van der Waals surface area contributed by atoms with Gasteiger partial charge in [0.1, 0.15) is 0 Å². The molecule has 0 amide bonds. The van der Waals surface area contributed by atoms with E-state index in [4.69, 9.17) is 5.11 Å². The molecule has 0 unspecified atom stereocenters. The molecule has 3 heteroatoms. The lowest BCUT2D eigenvalue weighted by atomic mass is 10.0. The Morgan fingerprint density at radius 3 is 2.70 bits per heavy atom. The molecule has 0 aliphatic carbocycles. The molecule has 0 atom stereocenters. The molecule has 2 aromatic carbocycles. The van der Waals surface area contributed by atoms with Gasteiger partial charge in [0.25, 0.3) is 0 Å². The number of hydrogen-bond donors (Lipinski definition) is 1. The molecule has 0 saturated heterocycles. The zero-order valence-electron chi connectivity index (χ0n) is 10.8. The smallest absolute Gasteiger partial charge is 0.335 e. The highest BCUT2D eigenvalue weighted by molar-refractivity contribution is 5.87. The average Bonchev–Trinajstić information content (AvgIpc) is 2.47. The summed E-state index contributed by atoms with van der Waals surface area (Å²) in [5, 5.41) is 10.1. The molecule has 3 rings (SSSR count). The number of carbonyl (C=O) groups is 1. The van der Waals surface area contributed by atoms with Crippen molar-refractivity contribution in [2.75, 3.05) is 0 Å². The molecule has 1 aromatic heterocycles. The van der Waals surface area contributed by atoms with Crippen LogP contribution >= 0.6 is 0 Å². The largest absolute Gasteiger partial charge is 0.478 e. The van der Waals surface area contributed by atoms with Gasteiger partial charge in [-0.2, -0.15) is 0 Å². The van der Waals surface area contributed by atoms with E-state index in [-0.39, 0.29) is 0 Å². The van der Waals surface area contributed by atoms with Crippen LogP contribution in [0.15, 0.2) is 60.8 Å². The molecule has 0 spiro atoms. The van der Waals surface area contributed by atoms with Crippen LogP contribution in [-0.2, 0) is 6.42 Å². The normalized spacial score (nSPS) is 10.6. The first-order valence-corrected chi connectivity index (χ1v) is 6.38. The van der Waals surface area contributed by atoms with Crippen molar-refractivity contribution in [2.45, 2.75) is 6.42 Å². The molecule has 20 heavy (non-hydrogen) atoms. The first kappa shape index (κ1) is 12.4. The zero-order chi connectivity index (χ0) is 13.9. The second-order valence-electron chi connectivity index (χ2n) is 4.71. The van der Waals surface area contributed by atoms with Crippen molar-refractivity contribution in [1.82, 2.24) is 4.98 Å². The first-order chi connectivity index (χ1) is 9.72. The van der Waals surface area contributed by atoms with Crippen LogP contribution in [0.5, 0.6) is 0 Å². The van der Waals surface area contributed by atoms with E-state index in [1.807, 2.05) is 30.3 Å². The average molecular weight is 263 g/mol. The third kappa shape index (κ3) is 2.52. The maximum absolute atomic E-state index is 11.0. The number of aromatic nitrogens is 1. The summed E-state index contributed by atoms with van der Waals surface area (Å²) in [5.41, 5.74) is 3.43. The van der Waals surface area contributed by atoms with Crippen LogP contribution in [0.4, 0.5) is 0 Å². The second-order valence-corrected chi connectivity index (χ2v) is 4.71. The number of pyridine rings is 1. The minimum Gasteiger partial charge on any atom is -0.478 e. The van der Waals surface area contributed by atoms with Gasteiger partial charge in [0.2, 0.25) is 0 Å². The van der Waals surface area contributed by atoms with Gasteiger partial charge in [-0.15, -0.1) is 0 Å². The summed E-state index contributed by atoms with van der Waals surface area (Å²) < 4.78 is 0. The number of benzene rings is 2. The highest BCUT2D eigenvalue weighted by Gasteiger charge is 2.04. The third-order valence-corrected chi connectivity index (χ3v) is 3.25. The van der Waals surface area contributed by atoms with Crippen molar-refractivity contribution in [3.8, 4) is 0 Å². The molecule has 0 fully saturated rings. The molecule has 0 bridgehead atoms. The van der Waals surface area contributed by atoms with E-state index in [1.54, 1.807) is 24.4 Å². The number of carboxylic acid groups (broad SMARTS) is 1. The molecule has 0 aliphatic rings. The maximum atomic E-state index is 11.0. The van der Waals surface area contributed by atoms with E-state index in [0.717, 1.165) is 22.0 Å². The predicted molar refractivity (Wildman–Crippen MR) is 78.0 cm³/mol. The van der Waals surface area contributed by atoms with Gasteiger partial charge < -0.3 is 5.11 Å². The number of nitrogens with zero attached hydrogens (tertiary/aromatic N) is 1. The lowest BCUT2D eigenvalue weighted by Gasteiger charge is -2.05. The summed E-state index contributed by atoms with van der Waals surface area (Å²) in [6.45, 7) is 0. The molecule has 98 valence electrons. The number of fused-ring (bicyclic) bond motifs is 1. The van der Waals surface area contributed by atoms with Crippen molar-refractivity contribution >= 4 is 16.9 Å². The molecular formula is C17H13NO2. The van der Waals surface area contributed by atoms with Gasteiger partial charge in [-0.1, -0.05) is 24.3 Å². The minimum atomic E-state index is -0.894. The Balaban J connectivity index is 1.92. The molecule has 3 aromatic rings. The minimum absolute atomic E-state index is 0.324. The number of carboxylic acids is 1. The Morgan fingerprint density at radius 2 is 1.85 bits per heavy atom. The van der Waals surface area contributed by atoms with Crippen molar-refractivity contribution in [3.63, 3.8) is 0 Å². The molecule has 0 saturated carbocycles. The van der Waals surface area contributed by atoms with Crippen molar-refractivity contribution in [2.24, 2.45) is 0 Å². The summed E-state index contributed by atoms with van der Waals surface area (Å²) >= 11 is 0. The van der Waals surface area contributed by atoms with Gasteiger partial charge in [-0.05, 0) is 47.9 Å². The van der Waals surface area contributed by atoms with E-state index in [1.165, 1.54) is 0 Å². The second kappa shape index (κ2) is 5.13. The van der Waals surface area contributed by atoms with Gasteiger partial charge in [0.15, 0.2) is 0 Å². The van der Waals surface area contributed by atoms with Crippen molar-refractivity contribution in [1.29, 1.82) is 0 Å². The van der Waals surface area contributed by atoms with E-state index in [9.17, 15) is 4.79 Å². The standard InChI is InChI=1S/C17H13NO2/c19-17(20)15-4-1-3-12(11-15)9-13-6-7-16-14(10-13)5-2-8-18-16/h1-8,10-11H,9H2,(H,19,20). The van der Waals surface area contributed by atoms with E-state index in [0.29, 0.717) is 12.0 Å². The summed E-state index contributed by atoms with van der Waals surface area (Å²) in [6, 6.07) is 17.1. The van der Waals surface area contributed by atoms with Crippen molar-refractivity contribution < 1.29 is 9.90 Å².